The first-order chi connectivity index (χ1) is 14.0. The van der Waals surface area contributed by atoms with Crippen molar-refractivity contribution >= 4 is 35.2 Å². The first-order valence-corrected chi connectivity index (χ1v) is 10.4. The number of piperazine rings is 1. The van der Waals surface area contributed by atoms with E-state index >= 15 is 0 Å². The van der Waals surface area contributed by atoms with Gasteiger partial charge in [-0.2, -0.15) is 10.1 Å². The summed E-state index contributed by atoms with van der Waals surface area (Å²) < 4.78 is 10.7. The first-order valence-electron chi connectivity index (χ1n) is 9.23. The molecular formula is C19H22ClN7OS. The largest absolute Gasteiger partial charge is 0.439 e. The fraction of sp³-hybridized carbons (Fsp3) is 0.316. The molecule has 10 heteroatoms. The Morgan fingerprint density at radius 3 is 2.52 bits per heavy atom. The predicted molar refractivity (Wildman–Crippen MR) is 116 cm³/mol. The van der Waals surface area contributed by atoms with E-state index in [4.69, 9.17) is 16.3 Å². The van der Waals surface area contributed by atoms with E-state index in [9.17, 15) is 0 Å². The molecule has 2 aromatic heterocycles. The lowest BCUT2D eigenvalue weighted by Crippen LogP contribution is -2.44. The number of aryl methyl sites for hydroxylation is 1. The van der Waals surface area contributed by atoms with Crippen LogP contribution in [0.1, 0.15) is 0 Å². The van der Waals surface area contributed by atoms with Crippen molar-refractivity contribution in [3.63, 3.8) is 0 Å². The van der Waals surface area contributed by atoms with Crippen LogP contribution in [0.3, 0.4) is 0 Å². The molecule has 0 aliphatic carbocycles. The summed E-state index contributed by atoms with van der Waals surface area (Å²) in [5.74, 6) is 1.45. The highest BCUT2D eigenvalue weighted by atomic mass is 35.5. The van der Waals surface area contributed by atoms with E-state index in [1.165, 1.54) is 17.6 Å². The molecule has 1 saturated heterocycles. The molecule has 8 nitrogen and oxygen atoms in total. The number of nitrogens with one attached hydrogen (secondary N) is 1. The minimum atomic E-state index is 0.304. The van der Waals surface area contributed by atoms with Crippen molar-refractivity contribution < 1.29 is 4.74 Å². The third kappa shape index (κ3) is 5.31. The van der Waals surface area contributed by atoms with Crippen LogP contribution in [0.25, 0.3) is 0 Å². The Kier molecular flexibility index (Phi) is 6.08. The Hall–Kier alpha value is -2.49. The summed E-state index contributed by atoms with van der Waals surface area (Å²) in [6, 6.07) is 9.62. The number of hydrogen-bond acceptors (Lipinski definition) is 8. The summed E-state index contributed by atoms with van der Waals surface area (Å²) in [5.41, 5.74) is 1.20. The zero-order valence-electron chi connectivity index (χ0n) is 16.2. The molecule has 0 amide bonds. The molecule has 4 rings (SSSR count). The molecule has 1 aromatic carbocycles. The summed E-state index contributed by atoms with van der Waals surface area (Å²) in [6.07, 6.45) is 3.64. The van der Waals surface area contributed by atoms with Gasteiger partial charge in [-0.25, -0.2) is 4.98 Å². The van der Waals surface area contributed by atoms with Gasteiger partial charge in [-0.1, -0.05) is 11.6 Å². The Balaban J connectivity index is 1.40. The quantitative estimate of drug-likeness (QED) is 0.469. The van der Waals surface area contributed by atoms with Crippen molar-refractivity contribution in [3.05, 3.63) is 47.9 Å². The molecule has 0 spiro atoms. The van der Waals surface area contributed by atoms with Crippen molar-refractivity contribution in [2.75, 3.05) is 42.8 Å². The van der Waals surface area contributed by atoms with Gasteiger partial charge in [0.1, 0.15) is 10.9 Å². The zero-order valence-corrected chi connectivity index (χ0v) is 17.8. The number of ether oxygens (including phenoxy) is 1. The maximum atomic E-state index is 6.13. The second-order valence-corrected chi connectivity index (χ2v) is 8.06. The van der Waals surface area contributed by atoms with Crippen LogP contribution in [0.15, 0.2) is 47.6 Å². The minimum Gasteiger partial charge on any atom is -0.439 e. The highest BCUT2D eigenvalue weighted by Crippen LogP contribution is 2.27. The standard InChI is InChI=1S/C19H22ClN7OS/c1-25-7-9-27(10-8-25)14-3-5-15(6-4-14)28-18-11-17(20)22-19(23-18)24-29-16-12-21-26(2)13-16/h3-6,11-13H,7-10H2,1-2H3,(H,22,23,24). The molecule has 0 bridgehead atoms. The highest BCUT2D eigenvalue weighted by Gasteiger charge is 2.14. The van der Waals surface area contributed by atoms with Crippen LogP contribution in [0, 0.1) is 0 Å². The van der Waals surface area contributed by atoms with Gasteiger partial charge in [0.25, 0.3) is 0 Å². The van der Waals surface area contributed by atoms with Crippen molar-refractivity contribution in [3.8, 4) is 11.6 Å². The number of halogens is 1. The second-order valence-electron chi connectivity index (χ2n) is 6.79. The molecule has 3 heterocycles. The minimum absolute atomic E-state index is 0.304. The molecular weight excluding hydrogens is 410 g/mol. The van der Waals surface area contributed by atoms with Crippen molar-refractivity contribution in [1.29, 1.82) is 0 Å². The van der Waals surface area contributed by atoms with Crippen molar-refractivity contribution in [2.24, 2.45) is 7.05 Å². The van der Waals surface area contributed by atoms with Gasteiger partial charge >= 0.3 is 0 Å². The number of rotatable bonds is 6. The molecule has 1 N–H and O–H groups in total. The fourth-order valence-corrected chi connectivity index (χ4v) is 3.74. The van der Waals surface area contributed by atoms with Crippen LogP contribution in [0.4, 0.5) is 11.6 Å². The van der Waals surface area contributed by atoms with Gasteiger partial charge in [-0.05, 0) is 43.3 Å². The van der Waals surface area contributed by atoms with Gasteiger partial charge in [-0.3, -0.25) is 9.40 Å². The first kappa shape index (κ1) is 19.8. The second kappa shape index (κ2) is 8.89. The Morgan fingerprint density at radius 1 is 1.07 bits per heavy atom. The van der Waals surface area contributed by atoms with E-state index in [0.717, 1.165) is 31.1 Å². The summed E-state index contributed by atoms with van der Waals surface area (Å²) in [7, 11) is 4.01. The van der Waals surface area contributed by atoms with Gasteiger partial charge in [-0.15, -0.1) is 0 Å². The third-order valence-corrected chi connectivity index (χ3v) is 5.47. The summed E-state index contributed by atoms with van der Waals surface area (Å²) in [6.45, 7) is 4.21. The van der Waals surface area contributed by atoms with E-state index in [2.05, 4.69) is 48.8 Å². The molecule has 0 radical (unpaired) electrons. The van der Waals surface area contributed by atoms with Gasteiger partial charge < -0.3 is 14.5 Å². The SMILES string of the molecule is CN1CCN(c2ccc(Oc3cc(Cl)nc(NSc4cnn(C)c4)n3)cc2)CC1. The van der Waals surface area contributed by atoms with E-state index < -0.39 is 0 Å². The number of hydrogen-bond donors (Lipinski definition) is 1. The number of likely N-dealkylation sites (N-methyl/N-ethyl adjacent to an activating group) is 1. The van der Waals surface area contributed by atoms with Crippen LogP contribution in [-0.4, -0.2) is 57.9 Å². The Labute approximate surface area is 179 Å². The predicted octanol–water partition coefficient (Wildman–Crippen LogP) is 3.53. The Morgan fingerprint density at radius 2 is 1.83 bits per heavy atom. The zero-order chi connectivity index (χ0) is 20.2. The summed E-state index contributed by atoms with van der Waals surface area (Å²) in [4.78, 5) is 14.2. The molecule has 3 aromatic rings. The summed E-state index contributed by atoms with van der Waals surface area (Å²) in [5, 5.41) is 4.43. The molecule has 0 saturated carbocycles. The lowest BCUT2D eigenvalue weighted by atomic mass is 10.2. The fourth-order valence-electron chi connectivity index (χ4n) is 2.96. The molecule has 1 fully saturated rings. The van der Waals surface area contributed by atoms with Crippen molar-refractivity contribution in [1.82, 2.24) is 24.6 Å². The monoisotopic (exact) mass is 431 g/mol. The number of nitrogens with zero attached hydrogens (tertiary/aromatic N) is 6. The van der Waals surface area contributed by atoms with Crippen molar-refractivity contribution in [2.45, 2.75) is 4.90 Å². The lowest BCUT2D eigenvalue weighted by molar-refractivity contribution is 0.313. The van der Waals surface area contributed by atoms with Gasteiger partial charge in [0.2, 0.25) is 11.8 Å². The maximum Gasteiger partial charge on any atom is 0.237 e. The normalized spacial score (nSPS) is 14.8. The van der Waals surface area contributed by atoms with Crippen LogP contribution in [0.2, 0.25) is 5.15 Å². The van der Waals surface area contributed by atoms with E-state index in [0.29, 0.717) is 22.7 Å². The van der Waals surface area contributed by atoms with Crippen LogP contribution >= 0.6 is 23.5 Å². The topological polar surface area (TPSA) is 71.3 Å². The lowest BCUT2D eigenvalue weighted by Gasteiger charge is -2.34. The molecule has 1 aliphatic rings. The third-order valence-electron chi connectivity index (χ3n) is 4.54. The van der Waals surface area contributed by atoms with E-state index in [1.807, 2.05) is 25.4 Å². The smallest absolute Gasteiger partial charge is 0.237 e. The number of aromatic nitrogens is 4. The highest BCUT2D eigenvalue weighted by molar-refractivity contribution is 8.00. The van der Waals surface area contributed by atoms with E-state index in [-0.39, 0.29) is 0 Å². The molecule has 1 aliphatic heterocycles. The summed E-state index contributed by atoms with van der Waals surface area (Å²) >= 11 is 7.49. The van der Waals surface area contributed by atoms with Crippen LogP contribution in [0.5, 0.6) is 11.6 Å². The average Bonchev–Trinajstić information content (AvgIpc) is 3.13. The Bertz CT molecular complexity index is 957. The van der Waals surface area contributed by atoms with Crippen LogP contribution in [-0.2, 0) is 7.05 Å². The average molecular weight is 432 g/mol. The number of anilines is 2. The molecule has 0 unspecified atom stereocenters. The number of benzene rings is 1. The molecule has 29 heavy (non-hydrogen) atoms. The molecule has 0 atom stereocenters. The molecule has 152 valence electrons. The van der Waals surface area contributed by atoms with E-state index in [1.54, 1.807) is 16.9 Å². The van der Waals surface area contributed by atoms with Crippen LogP contribution < -0.4 is 14.4 Å². The van der Waals surface area contributed by atoms with Gasteiger partial charge in [0.05, 0.1) is 11.1 Å². The maximum absolute atomic E-state index is 6.13. The van der Waals surface area contributed by atoms with Gasteiger partial charge in [0, 0.05) is 51.2 Å². The van der Waals surface area contributed by atoms with Gasteiger partial charge in [0.15, 0.2) is 0 Å².